The lowest BCUT2D eigenvalue weighted by Gasteiger charge is -2.12. The van der Waals surface area contributed by atoms with Gasteiger partial charge in [0, 0.05) is 7.05 Å². The van der Waals surface area contributed by atoms with Crippen LogP contribution in [0.15, 0.2) is 58.2 Å². The maximum absolute atomic E-state index is 13.4. The van der Waals surface area contributed by atoms with Gasteiger partial charge in [-0.05, 0) is 56.7 Å². The lowest BCUT2D eigenvalue weighted by Crippen LogP contribution is -2.33. The van der Waals surface area contributed by atoms with Gasteiger partial charge in [0.25, 0.3) is 11.5 Å². The number of carbonyl (C=O) groups is 1. The number of anilines is 1. The van der Waals surface area contributed by atoms with Crippen molar-refractivity contribution in [2.75, 3.05) is 18.1 Å². The first-order valence-electron chi connectivity index (χ1n) is 10.9. The first kappa shape index (κ1) is 23.8. The molecule has 0 unspecified atom stereocenters. The molecule has 0 N–H and O–H groups in total. The molecule has 1 fully saturated rings. The number of carbonyl (C=O) groups excluding carboxylic acids is 1. The zero-order valence-electron chi connectivity index (χ0n) is 19.4. The molecule has 0 bridgehead atoms. The van der Waals surface area contributed by atoms with Crippen molar-refractivity contribution >= 4 is 46.0 Å². The van der Waals surface area contributed by atoms with Crippen LogP contribution in [0.5, 0.6) is 11.5 Å². The van der Waals surface area contributed by atoms with Crippen molar-refractivity contribution < 1.29 is 14.3 Å². The van der Waals surface area contributed by atoms with E-state index in [0.717, 1.165) is 5.56 Å². The first-order valence-corrected chi connectivity index (χ1v) is 12.1. The number of rotatable bonds is 7. The van der Waals surface area contributed by atoms with E-state index in [0.29, 0.717) is 45.3 Å². The fourth-order valence-electron chi connectivity index (χ4n) is 3.78. The summed E-state index contributed by atoms with van der Waals surface area (Å²) in [5, 5.41) is 0. The summed E-state index contributed by atoms with van der Waals surface area (Å²) in [4.78, 5) is 28.6. The Morgan fingerprint density at radius 2 is 1.68 bits per heavy atom. The molecule has 7 nitrogen and oxygen atoms in total. The molecule has 0 spiro atoms. The minimum absolute atomic E-state index is 0.263. The average Bonchev–Trinajstić information content (AvgIpc) is 3.21. The van der Waals surface area contributed by atoms with E-state index in [1.807, 2.05) is 62.4 Å². The van der Waals surface area contributed by atoms with E-state index in [1.54, 1.807) is 24.7 Å². The summed E-state index contributed by atoms with van der Waals surface area (Å²) in [5.74, 6) is 0.932. The Bertz CT molecular complexity index is 1340. The Morgan fingerprint density at radius 3 is 2.35 bits per heavy atom. The van der Waals surface area contributed by atoms with Crippen molar-refractivity contribution in [1.29, 1.82) is 0 Å². The van der Waals surface area contributed by atoms with Crippen LogP contribution in [0, 0.1) is 6.92 Å². The lowest BCUT2D eigenvalue weighted by molar-refractivity contribution is -0.113. The van der Waals surface area contributed by atoms with Gasteiger partial charge < -0.3 is 9.47 Å². The van der Waals surface area contributed by atoms with Crippen molar-refractivity contribution in [3.8, 4) is 17.2 Å². The van der Waals surface area contributed by atoms with Crippen molar-refractivity contribution in [2.45, 2.75) is 20.8 Å². The molecule has 1 aliphatic heterocycles. The molecule has 176 valence electrons. The van der Waals surface area contributed by atoms with E-state index < -0.39 is 0 Å². The highest BCUT2D eigenvalue weighted by atomic mass is 32.2. The summed E-state index contributed by atoms with van der Waals surface area (Å²) in [7, 11) is 1.79. The van der Waals surface area contributed by atoms with Gasteiger partial charge in [-0.1, -0.05) is 48.2 Å². The number of ether oxygens (including phenoxy) is 2. The molecule has 1 aliphatic rings. The summed E-state index contributed by atoms with van der Waals surface area (Å²) in [6.07, 6.45) is 1.76. The number of aromatic nitrogens is 2. The molecule has 2 heterocycles. The zero-order chi connectivity index (χ0) is 24.4. The average molecular weight is 496 g/mol. The highest BCUT2D eigenvalue weighted by molar-refractivity contribution is 8.27. The van der Waals surface area contributed by atoms with Crippen LogP contribution in [0.4, 0.5) is 5.69 Å². The highest BCUT2D eigenvalue weighted by Gasteiger charge is 2.37. The third-order valence-corrected chi connectivity index (χ3v) is 6.71. The van der Waals surface area contributed by atoms with Crippen LogP contribution in [-0.4, -0.2) is 32.8 Å². The van der Waals surface area contributed by atoms with E-state index >= 15 is 0 Å². The minimum Gasteiger partial charge on any atom is -0.490 e. The molecular weight excluding hydrogens is 470 g/mol. The number of thiocarbonyl (C=S) groups is 1. The Kier molecular flexibility index (Phi) is 6.95. The Morgan fingerprint density at radius 1 is 1.00 bits per heavy atom. The Labute approximate surface area is 207 Å². The minimum atomic E-state index is -0.326. The number of hydrogen-bond acceptors (Lipinski definition) is 6. The molecule has 34 heavy (non-hydrogen) atoms. The van der Waals surface area contributed by atoms with Crippen molar-refractivity contribution in [3.05, 3.63) is 75.0 Å². The van der Waals surface area contributed by atoms with Gasteiger partial charge in [-0.3, -0.25) is 19.2 Å². The summed E-state index contributed by atoms with van der Waals surface area (Å²) >= 11 is 6.70. The van der Waals surface area contributed by atoms with Gasteiger partial charge in [0.05, 0.1) is 29.5 Å². The second-order valence-electron chi connectivity index (χ2n) is 7.50. The van der Waals surface area contributed by atoms with Crippen LogP contribution in [0.25, 0.3) is 11.8 Å². The monoisotopic (exact) mass is 495 g/mol. The van der Waals surface area contributed by atoms with Crippen LogP contribution in [0.3, 0.4) is 0 Å². The maximum atomic E-state index is 13.4. The van der Waals surface area contributed by atoms with Crippen LogP contribution >= 0.6 is 24.0 Å². The molecule has 9 heteroatoms. The maximum Gasteiger partial charge on any atom is 0.296 e. The van der Waals surface area contributed by atoms with Crippen LogP contribution in [-0.2, 0) is 11.8 Å². The summed E-state index contributed by atoms with van der Waals surface area (Å²) in [6.45, 7) is 6.63. The van der Waals surface area contributed by atoms with Gasteiger partial charge in [0.1, 0.15) is 5.69 Å². The van der Waals surface area contributed by atoms with E-state index in [2.05, 4.69) is 0 Å². The third kappa shape index (κ3) is 4.28. The predicted octanol–water partition coefficient (Wildman–Crippen LogP) is 4.69. The second kappa shape index (κ2) is 9.90. The van der Waals surface area contributed by atoms with Gasteiger partial charge in [-0.2, -0.15) is 0 Å². The van der Waals surface area contributed by atoms with Crippen molar-refractivity contribution in [3.63, 3.8) is 0 Å². The number of nitrogens with zero attached hydrogens (tertiary/aromatic N) is 3. The van der Waals surface area contributed by atoms with Crippen molar-refractivity contribution in [1.82, 2.24) is 9.36 Å². The topological polar surface area (TPSA) is 65.7 Å². The van der Waals surface area contributed by atoms with Gasteiger partial charge in [0.15, 0.2) is 15.8 Å². The fourth-order valence-corrected chi connectivity index (χ4v) is 5.05. The normalized spacial score (nSPS) is 14.8. The van der Waals surface area contributed by atoms with Gasteiger partial charge in [0.2, 0.25) is 0 Å². The fraction of sp³-hybridized carbons (Fsp3) is 0.240. The SMILES string of the molecule is CCOc1ccc(/C=C2/SC(=S)N(c3c(C)n(C)n(-c4ccccc4)c3=O)C2=O)cc1OCC. The lowest BCUT2D eigenvalue weighted by atomic mass is 10.2. The highest BCUT2D eigenvalue weighted by Crippen LogP contribution is 2.37. The molecule has 1 saturated heterocycles. The molecule has 3 aromatic rings. The molecule has 1 aromatic heterocycles. The van der Waals surface area contributed by atoms with Crippen molar-refractivity contribution in [2.24, 2.45) is 7.05 Å². The standard InChI is InChI=1S/C25H25N3O4S2/c1-5-31-19-13-12-17(14-20(19)32-6-2)15-21-23(29)27(25(33)34-21)22-16(3)26(4)28(24(22)30)18-10-8-7-9-11-18/h7-15H,5-6H2,1-4H3/b21-15+. The molecule has 0 aliphatic carbocycles. The Balaban J connectivity index is 1.72. The number of para-hydroxylation sites is 1. The molecule has 0 saturated carbocycles. The largest absolute Gasteiger partial charge is 0.490 e. The van der Waals surface area contributed by atoms with Crippen LogP contribution < -0.4 is 19.9 Å². The predicted molar refractivity (Wildman–Crippen MR) is 140 cm³/mol. The first-order chi connectivity index (χ1) is 16.4. The van der Waals surface area contributed by atoms with E-state index in [4.69, 9.17) is 21.7 Å². The number of hydrogen-bond donors (Lipinski definition) is 0. The molecule has 0 radical (unpaired) electrons. The van der Waals surface area contributed by atoms with Gasteiger partial charge in [-0.25, -0.2) is 4.68 Å². The third-order valence-electron chi connectivity index (χ3n) is 5.41. The summed E-state index contributed by atoms with van der Waals surface area (Å²) in [5.41, 5.74) is 2.09. The summed E-state index contributed by atoms with van der Waals surface area (Å²) in [6, 6.07) is 14.8. The Hall–Kier alpha value is -3.30. The molecule has 4 rings (SSSR count). The summed E-state index contributed by atoms with van der Waals surface area (Å²) < 4.78 is 14.9. The molecule has 2 aromatic carbocycles. The number of thioether (sulfide) groups is 1. The smallest absolute Gasteiger partial charge is 0.296 e. The number of benzene rings is 2. The van der Waals surface area contributed by atoms with Gasteiger partial charge in [-0.15, -0.1) is 0 Å². The number of amides is 1. The van der Waals surface area contributed by atoms with Crippen LogP contribution in [0.1, 0.15) is 25.1 Å². The van der Waals surface area contributed by atoms with E-state index in [1.165, 1.54) is 21.3 Å². The second-order valence-corrected chi connectivity index (χ2v) is 9.18. The molecule has 1 amide bonds. The zero-order valence-corrected chi connectivity index (χ0v) is 21.0. The van der Waals surface area contributed by atoms with Gasteiger partial charge >= 0.3 is 0 Å². The van der Waals surface area contributed by atoms with Crippen LogP contribution in [0.2, 0.25) is 0 Å². The quantitative estimate of drug-likeness (QED) is 0.350. The molecule has 0 atom stereocenters. The molecular formula is C25H25N3O4S2. The van der Waals surface area contributed by atoms with E-state index in [9.17, 15) is 9.59 Å². The van der Waals surface area contributed by atoms with E-state index in [-0.39, 0.29) is 17.2 Å².